The smallest absolute Gasteiger partial charge is 0.191 e. The first-order chi connectivity index (χ1) is 8.65. The number of Topliss-reactive ketones (excluding diaryl/α,β-unsaturated/α-hetero) is 1. The Morgan fingerprint density at radius 3 is 2.67 bits per heavy atom. The maximum Gasteiger partial charge on any atom is 0.191 e. The molecule has 0 radical (unpaired) electrons. The molecule has 2 aliphatic carbocycles. The van der Waals surface area contributed by atoms with Gasteiger partial charge in [-0.1, -0.05) is 18.7 Å². The molecule has 18 heavy (non-hydrogen) atoms. The topological polar surface area (TPSA) is 47.8 Å². The van der Waals surface area contributed by atoms with Crippen molar-refractivity contribution in [1.82, 2.24) is 14.8 Å². The third-order valence-corrected chi connectivity index (χ3v) is 4.49. The van der Waals surface area contributed by atoms with Crippen LogP contribution in [-0.2, 0) is 4.79 Å². The highest BCUT2D eigenvalue weighted by Crippen LogP contribution is 2.46. The van der Waals surface area contributed by atoms with Crippen LogP contribution in [0.25, 0.3) is 0 Å². The lowest BCUT2D eigenvalue weighted by atomic mass is 10.2. The van der Waals surface area contributed by atoms with Gasteiger partial charge in [0, 0.05) is 23.6 Å². The van der Waals surface area contributed by atoms with Gasteiger partial charge in [-0.25, -0.2) is 0 Å². The number of rotatable bonds is 6. The summed E-state index contributed by atoms with van der Waals surface area (Å²) in [6.45, 7) is 3.74. The molecule has 4 nitrogen and oxygen atoms in total. The van der Waals surface area contributed by atoms with E-state index in [-0.39, 0.29) is 11.0 Å². The Kier molecular flexibility index (Phi) is 3.18. The highest BCUT2D eigenvalue weighted by atomic mass is 32.2. The Morgan fingerprint density at radius 1 is 1.39 bits per heavy atom. The molecule has 0 N–H and O–H groups in total. The molecule has 0 bridgehead atoms. The predicted molar refractivity (Wildman–Crippen MR) is 70.9 cm³/mol. The lowest BCUT2D eigenvalue weighted by molar-refractivity contribution is -0.116. The van der Waals surface area contributed by atoms with Crippen molar-refractivity contribution in [3.05, 3.63) is 5.82 Å². The van der Waals surface area contributed by atoms with Crippen LogP contribution in [0.1, 0.15) is 63.7 Å². The van der Waals surface area contributed by atoms with Crippen LogP contribution >= 0.6 is 11.8 Å². The van der Waals surface area contributed by atoms with Gasteiger partial charge in [0.25, 0.3) is 0 Å². The second kappa shape index (κ2) is 4.68. The van der Waals surface area contributed by atoms with Crippen LogP contribution in [0.3, 0.4) is 0 Å². The molecular weight excluding hydrogens is 246 g/mol. The van der Waals surface area contributed by atoms with Crippen molar-refractivity contribution in [2.45, 2.75) is 68.3 Å². The molecule has 98 valence electrons. The van der Waals surface area contributed by atoms with Gasteiger partial charge in [0.2, 0.25) is 0 Å². The molecule has 1 atom stereocenters. The quantitative estimate of drug-likeness (QED) is 0.742. The van der Waals surface area contributed by atoms with E-state index in [2.05, 4.69) is 21.7 Å². The molecule has 0 aromatic carbocycles. The molecule has 2 fully saturated rings. The summed E-state index contributed by atoms with van der Waals surface area (Å²) in [7, 11) is 0. The number of thioether (sulfide) groups is 1. The molecule has 1 aromatic heterocycles. The number of ketones is 1. The minimum absolute atomic E-state index is 0.245. The SMILES string of the molecule is CC(=O)CC(C)Sc1nnc(C2CC2)n1C1CC1. The zero-order valence-electron chi connectivity index (χ0n) is 10.9. The molecule has 0 saturated heterocycles. The third kappa shape index (κ3) is 2.60. The second-order valence-electron chi connectivity index (χ2n) is 5.55. The van der Waals surface area contributed by atoms with Crippen molar-refractivity contribution in [1.29, 1.82) is 0 Å². The Balaban J connectivity index is 1.76. The number of hydrogen-bond acceptors (Lipinski definition) is 4. The highest BCUT2D eigenvalue weighted by Gasteiger charge is 2.36. The van der Waals surface area contributed by atoms with Crippen molar-refractivity contribution in [2.24, 2.45) is 0 Å². The van der Waals surface area contributed by atoms with Gasteiger partial charge < -0.3 is 4.57 Å². The summed E-state index contributed by atoms with van der Waals surface area (Å²) in [5.74, 6) is 2.08. The molecule has 0 aliphatic heterocycles. The number of carbonyl (C=O) groups is 1. The van der Waals surface area contributed by atoms with Gasteiger partial charge in [-0.15, -0.1) is 10.2 Å². The summed E-state index contributed by atoms with van der Waals surface area (Å²) >= 11 is 1.70. The minimum atomic E-state index is 0.245. The predicted octanol–water partition coefficient (Wildman–Crippen LogP) is 2.95. The van der Waals surface area contributed by atoms with Gasteiger partial charge in [-0.3, -0.25) is 4.79 Å². The van der Waals surface area contributed by atoms with Crippen molar-refractivity contribution < 1.29 is 4.79 Å². The van der Waals surface area contributed by atoms with Gasteiger partial charge in [0.15, 0.2) is 5.16 Å². The zero-order chi connectivity index (χ0) is 12.7. The molecule has 3 rings (SSSR count). The lowest BCUT2D eigenvalue weighted by Gasteiger charge is -2.11. The summed E-state index contributed by atoms with van der Waals surface area (Å²) in [6.07, 6.45) is 5.65. The fraction of sp³-hybridized carbons (Fsp3) is 0.769. The molecule has 1 heterocycles. The van der Waals surface area contributed by atoms with Crippen molar-refractivity contribution in [3.8, 4) is 0 Å². The maximum atomic E-state index is 11.1. The fourth-order valence-electron chi connectivity index (χ4n) is 2.29. The van der Waals surface area contributed by atoms with E-state index in [1.54, 1.807) is 18.7 Å². The van der Waals surface area contributed by atoms with E-state index in [4.69, 9.17) is 0 Å². The lowest BCUT2D eigenvalue weighted by Crippen LogP contribution is -2.07. The molecule has 1 unspecified atom stereocenters. The second-order valence-corrected chi connectivity index (χ2v) is 6.96. The van der Waals surface area contributed by atoms with Crippen LogP contribution in [-0.4, -0.2) is 25.8 Å². The van der Waals surface area contributed by atoms with Gasteiger partial charge >= 0.3 is 0 Å². The van der Waals surface area contributed by atoms with Crippen LogP contribution in [0.2, 0.25) is 0 Å². The highest BCUT2D eigenvalue weighted by molar-refractivity contribution is 7.99. The van der Waals surface area contributed by atoms with E-state index < -0.39 is 0 Å². The van der Waals surface area contributed by atoms with Crippen LogP contribution in [0.5, 0.6) is 0 Å². The summed E-state index contributed by atoms with van der Waals surface area (Å²) in [5, 5.41) is 10.0. The molecular formula is C13H19N3OS. The molecule has 2 saturated carbocycles. The first-order valence-electron chi connectivity index (χ1n) is 6.76. The standard InChI is InChI=1S/C13H19N3OS/c1-8(17)7-9(2)18-13-15-14-12(10-3-4-10)16(13)11-5-6-11/h9-11H,3-7H2,1-2H3. The summed E-state index contributed by atoms with van der Waals surface area (Å²) < 4.78 is 2.35. The Labute approximate surface area is 112 Å². The summed E-state index contributed by atoms with van der Waals surface area (Å²) in [6, 6.07) is 0.627. The largest absolute Gasteiger partial charge is 0.303 e. The first-order valence-corrected chi connectivity index (χ1v) is 7.64. The van der Waals surface area contributed by atoms with Crippen molar-refractivity contribution in [2.75, 3.05) is 0 Å². The van der Waals surface area contributed by atoms with E-state index in [0.717, 1.165) is 5.16 Å². The summed E-state index contributed by atoms with van der Waals surface area (Å²) in [5.41, 5.74) is 0. The fourth-order valence-corrected chi connectivity index (χ4v) is 3.41. The first kappa shape index (κ1) is 12.2. The van der Waals surface area contributed by atoms with Crippen LogP contribution < -0.4 is 0 Å². The third-order valence-electron chi connectivity index (χ3n) is 3.43. The Morgan fingerprint density at radius 2 is 2.11 bits per heavy atom. The van der Waals surface area contributed by atoms with E-state index in [1.807, 2.05) is 0 Å². The van der Waals surface area contributed by atoms with E-state index in [0.29, 0.717) is 18.4 Å². The minimum Gasteiger partial charge on any atom is -0.303 e. The van der Waals surface area contributed by atoms with Crippen LogP contribution in [0.4, 0.5) is 0 Å². The van der Waals surface area contributed by atoms with E-state index in [1.165, 1.54) is 31.5 Å². The molecule has 2 aliphatic rings. The number of carbonyl (C=O) groups excluding carboxylic acids is 1. The van der Waals surface area contributed by atoms with E-state index >= 15 is 0 Å². The van der Waals surface area contributed by atoms with Crippen LogP contribution in [0, 0.1) is 0 Å². The molecule has 0 amide bonds. The average Bonchev–Trinajstić information content (AvgIpc) is 3.18. The van der Waals surface area contributed by atoms with Gasteiger partial charge in [-0.05, 0) is 32.6 Å². The normalized spacial score (nSPS) is 21.0. The van der Waals surface area contributed by atoms with Crippen LogP contribution in [0.15, 0.2) is 5.16 Å². The van der Waals surface area contributed by atoms with Gasteiger partial charge in [0.1, 0.15) is 11.6 Å². The Bertz CT molecular complexity index is 463. The zero-order valence-corrected chi connectivity index (χ0v) is 11.7. The van der Waals surface area contributed by atoms with Crippen molar-refractivity contribution in [3.63, 3.8) is 0 Å². The number of nitrogens with zero attached hydrogens (tertiary/aromatic N) is 3. The Hall–Kier alpha value is -0.840. The van der Waals surface area contributed by atoms with Crippen molar-refractivity contribution >= 4 is 17.5 Å². The van der Waals surface area contributed by atoms with Gasteiger partial charge in [0.05, 0.1) is 0 Å². The maximum absolute atomic E-state index is 11.1. The number of hydrogen-bond donors (Lipinski definition) is 0. The molecule has 1 aromatic rings. The summed E-state index contributed by atoms with van der Waals surface area (Å²) in [4.78, 5) is 11.1. The monoisotopic (exact) mass is 265 g/mol. The van der Waals surface area contributed by atoms with E-state index in [9.17, 15) is 4.79 Å². The number of aromatic nitrogens is 3. The van der Waals surface area contributed by atoms with Gasteiger partial charge in [-0.2, -0.15) is 0 Å². The molecule has 5 heteroatoms. The molecule has 0 spiro atoms. The average molecular weight is 265 g/mol.